The summed E-state index contributed by atoms with van der Waals surface area (Å²) in [6.45, 7) is 0.542. The second-order valence-corrected chi connectivity index (χ2v) is 6.23. The summed E-state index contributed by atoms with van der Waals surface area (Å²) in [5.41, 5.74) is 1.80. The third-order valence-corrected chi connectivity index (χ3v) is 4.69. The van der Waals surface area contributed by atoms with Gasteiger partial charge in [-0.2, -0.15) is 0 Å². The number of cyclic esters (lactones) is 1. The van der Waals surface area contributed by atoms with E-state index in [1.165, 1.54) is 0 Å². The first kappa shape index (κ1) is 14.8. The van der Waals surface area contributed by atoms with Crippen LogP contribution in [0.15, 0.2) is 48.7 Å². The molecule has 0 bridgehead atoms. The van der Waals surface area contributed by atoms with E-state index in [-0.39, 0.29) is 12.1 Å². The molecule has 0 N–H and O–H groups in total. The summed E-state index contributed by atoms with van der Waals surface area (Å²) in [4.78, 5) is 18.3. The Morgan fingerprint density at radius 1 is 1.04 bits per heavy atom. The smallest absolute Gasteiger partial charge is 0.415 e. The predicted octanol–water partition coefficient (Wildman–Crippen LogP) is 3.61. The molecule has 2 aliphatic rings. The molecule has 2 heterocycles. The van der Waals surface area contributed by atoms with Crippen molar-refractivity contribution in [3.8, 4) is 11.8 Å². The van der Waals surface area contributed by atoms with Crippen molar-refractivity contribution >= 4 is 11.9 Å². The average molecular weight is 318 g/mol. The molecule has 1 aliphatic heterocycles. The maximum absolute atomic E-state index is 12.2. The monoisotopic (exact) mass is 318 g/mol. The minimum Gasteiger partial charge on any atom is -0.449 e. The number of anilines is 1. The maximum Gasteiger partial charge on any atom is 0.415 e. The Bertz CT molecular complexity index is 790. The van der Waals surface area contributed by atoms with Crippen molar-refractivity contribution in [1.82, 2.24) is 4.98 Å². The van der Waals surface area contributed by atoms with Crippen molar-refractivity contribution in [3.05, 3.63) is 59.8 Å². The molecule has 1 amide bonds. The first-order valence-corrected chi connectivity index (χ1v) is 8.30. The lowest BCUT2D eigenvalue weighted by Gasteiger charge is -2.35. The molecule has 1 aromatic carbocycles. The van der Waals surface area contributed by atoms with Gasteiger partial charge in [-0.1, -0.05) is 36.5 Å². The fourth-order valence-corrected chi connectivity index (χ4v) is 3.47. The molecular weight excluding hydrogens is 300 g/mol. The van der Waals surface area contributed by atoms with Crippen LogP contribution in [0.5, 0.6) is 0 Å². The van der Waals surface area contributed by atoms with Gasteiger partial charge in [-0.25, -0.2) is 9.78 Å². The highest BCUT2D eigenvalue weighted by molar-refractivity contribution is 5.88. The van der Waals surface area contributed by atoms with E-state index in [0.717, 1.165) is 30.4 Å². The summed E-state index contributed by atoms with van der Waals surface area (Å²) in [5, 5.41) is 0. The van der Waals surface area contributed by atoms with Gasteiger partial charge in [0.1, 0.15) is 5.82 Å². The Kier molecular flexibility index (Phi) is 3.92. The van der Waals surface area contributed by atoms with Crippen LogP contribution in [0.2, 0.25) is 0 Å². The number of hydrogen-bond acceptors (Lipinski definition) is 3. The molecule has 24 heavy (non-hydrogen) atoms. The molecule has 1 saturated carbocycles. The summed E-state index contributed by atoms with van der Waals surface area (Å²) in [6, 6.07) is 13.8. The Morgan fingerprint density at radius 2 is 1.88 bits per heavy atom. The molecule has 2 aromatic rings. The van der Waals surface area contributed by atoms with Crippen LogP contribution in [0.4, 0.5) is 10.6 Å². The topological polar surface area (TPSA) is 42.4 Å². The SMILES string of the molecule is O=C1OCC2CCCC2N1c1ccc(C#Cc2ccccc2)cn1. The number of aromatic nitrogens is 1. The number of pyridine rings is 1. The van der Waals surface area contributed by atoms with Gasteiger partial charge in [0.15, 0.2) is 0 Å². The molecular formula is C20H18N2O2. The summed E-state index contributed by atoms with van der Waals surface area (Å²) in [6.07, 6.45) is 4.72. The molecule has 2 atom stereocenters. The molecule has 0 spiro atoms. The van der Waals surface area contributed by atoms with E-state index < -0.39 is 0 Å². The van der Waals surface area contributed by atoms with Crippen molar-refractivity contribution < 1.29 is 9.53 Å². The molecule has 2 fully saturated rings. The van der Waals surface area contributed by atoms with E-state index in [1.807, 2.05) is 42.5 Å². The normalized spacial score (nSPS) is 22.3. The zero-order valence-electron chi connectivity index (χ0n) is 13.3. The maximum atomic E-state index is 12.2. The van der Waals surface area contributed by atoms with Gasteiger partial charge in [-0.3, -0.25) is 4.90 Å². The van der Waals surface area contributed by atoms with Crippen LogP contribution in [0.3, 0.4) is 0 Å². The number of ether oxygens (including phenoxy) is 1. The highest BCUT2D eigenvalue weighted by Gasteiger charge is 2.41. The van der Waals surface area contributed by atoms with E-state index in [4.69, 9.17) is 4.74 Å². The highest BCUT2D eigenvalue weighted by Crippen LogP contribution is 2.36. The van der Waals surface area contributed by atoms with Crippen molar-refractivity contribution in [2.75, 3.05) is 11.5 Å². The zero-order chi connectivity index (χ0) is 16.4. The number of rotatable bonds is 1. The molecule has 1 aromatic heterocycles. The van der Waals surface area contributed by atoms with E-state index in [0.29, 0.717) is 18.3 Å². The van der Waals surface area contributed by atoms with Gasteiger partial charge in [0.05, 0.1) is 6.61 Å². The Balaban J connectivity index is 1.55. The number of benzene rings is 1. The van der Waals surface area contributed by atoms with Gasteiger partial charge in [-0.05, 0) is 37.1 Å². The largest absolute Gasteiger partial charge is 0.449 e. The molecule has 2 unspecified atom stereocenters. The van der Waals surface area contributed by atoms with E-state index in [9.17, 15) is 4.79 Å². The van der Waals surface area contributed by atoms with Gasteiger partial charge >= 0.3 is 6.09 Å². The van der Waals surface area contributed by atoms with Crippen LogP contribution in [0.25, 0.3) is 0 Å². The van der Waals surface area contributed by atoms with Crippen molar-refractivity contribution in [2.24, 2.45) is 5.92 Å². The third kappa shape index (κ3) is 2.85. The summed E-state index contributed by atoms with van der Waals surface area (Å²) in [5.74, 6) is 7.30. The lowest BCUT2D eigenvalue weighted by molar-refractivity contribution is 0.104. The molecule has 1 saturated heterocycles. The second kappa shape index (κ2) is 6.37. The minimum atomic E-state index is -0.284. The first-order chi connectivity index (χ1) is 11.8. The van der Waals surface area contributed by atoms with Crippen molar-refractivity contribution in [1.29, 1.82) is 0 Å². The predicted molar refractivity (Wildman–Crippen MR) is 91.6 cm³/mol. The first-order valence-electron chi connectivity index (χ1n) is 8.30. The van der Waals surface area contributed by atoms with Crippen LogP contribution >= 0.6 is 0 Å². The summed E-state index contributed by atoms with van der Waals surface area (Å²) in [7, 11) is 0. The quantitative estimate of drug-likeness (QED) is 0.754. The van der Waals surface area contributed by atoms with Crippen LogP contribution in [0.1, 0.15) is 30.4 Å². The molecule has 4 nitrogen and oxygen atoms in total. The fraction of sp³-hybridized carbons (Fsp3) is 0.300. The number of hydrogen-bond donors (Lipinski definition) is 0. The van der Waals surface area contributed by atoms with E-state index in [1.54, 1.807) is 11.1 Å². The van der Waals surface area contributed by atoms with Gasteiger partial charge in [0.2, 0.25) is 0 Å². The van der Waals surface area contributed by atoms with Crippen molar-refractivity contribution in [2.45, 2.75) is 25.3 Å². The molecule has 1 aliphatic carbocycles. The summed E-state index contributed by atoms with van der Waals surface area (Å²) >= 11 is 0. The highest BCUT2D eigenvalue weighted by atomic mass is 16.6. The lowest BCUT2D eigenvalue weighted by atomic mass is 10.0. The van der Waals surface area contributed by atoms with Crippen LogP contribution in [0, 0.1) is 17.8 Å². The third-order valence-electron chi connectivity index (χ3n) is 4.69. The Hall–Kier alpha value is -2.80. The lowest BCUT2D eigenvalue weighted by Crippen LogP contribution is -2.49. The number of carbonyl (C=O) groups excluding carboxylic acids is 1. The minimum absolute atomic E-state index is 0.222. The molecule has 4 heteroatoms. The van der Waals surface area contributed by atoms with Crippen LogP contribution in [-0.2, 0) is 4.74 Å². The van der Waals surface area contributed by atoms with Gasteiger partial charge < -0.3 is 4.74 Å². The van der Waals surface area contributed by atoms with E-state index in [2.05, 4.69) is 16.8 Å². The number of carbonyl (C=O) groups is 1. The van der Waals surface area contributed by atoms with Crippen LogP contribution in [-0.4, -0.2) is 23.7 Å². The Labute approximate surface area is 141 Å². The van der Waals surface area contributed by atoms with E-state index >= 15 is 0 Å². The number of amides is 1. The number of nitrogens with zero attached hydrogens (tertiary/aromatic N) is 2. The number of fused-ring (bicyclic) bond motifs is 1. The van der Waals surface area contributed by atoms with Crippen LogP contribution < -0.4 is 4.90 Å². The van der Waals surface area contributed by atoms with Gasteiger partial charge in [0, 0.05) is 29.3 Å². The van der Waals surface area contributed by atoms with Gasteiger partial charge in [-0.15, -0.1) is 0 Å². The molecule has 120 valence electrons. The summed E-state index contributed by atoms with van der Waals surface area (Å²) < 4.78 is 5.31. The standard InChI is InChI=1S/C20H18N2O2/c23-20-22(18-8-4-7-17(18)14-24-20)19-12-11-16(13-21-19)10-9-15-5-2-1-3-6-15/h1-3,5-6,11-13,17-18H,4,7-8,14H2. The average Bonchev–Trinajstić information content (AvgIpc) is 3.10. The molecule has 0 radical (unpaired) electrons. The molecule has 4 rings (SSSR count). The fourth-order valence-electron chi connectivity index (χ4n) is 3.47. The Morgan fingerprint density at radius 3 is 2.67 bits per heavy atom. The van der Waals surface area contributed by atoms with Crippen molar-refractivity contribution in [3.63, 3.8) is 0 Å². The second-order valence-electron chi connectivity index (χ2n) is 6.23. The van der Waals surface area contributed by atoms with Gasteiger partial charge in [0.25, 0.3) is 0 Å². The zero-order valence-corrected chi connectivity index (χ0v) is 13.3.